The van der Waals surface area contributed by atoms with Crippen molar-refractivity contribution in [1.82, 2.24) is 9.99 Å². The summed E-state index contributed by atoms with van der Waals surface area (Å²) in [6.07, 6.45) is -8.45. The summed E-state index contributed by atoms with van der Waals surface area (Å²) in [5, 5.41) is 22.1. The number of aliphatic carboxylic acids is 1. The number of carboxylic acids is 1. The zero-order chi connectivity index (χ0) is 29.0. The predicted molar refractivity (Wildman–Crippen MR) is 125 cm³/mol. The molecule has 0 aliphatic carbocycles. The molecule has 13 nitrogen and oxygen atoms in total. The van der Waals surface area contributed by atoms with Gasteiger partial charge >= 0.3 is 25.9 Å². The van der Waals surface area contributed by atoms with Gasteiger partial charge in [-0.15, -0.1) is 0 Å². The lowest BCUT2D eigenvalue weighted by molar-refractivity contribution is -0.212. The maximum absolute atomic E-state index is 13.4. The van der Waals surface area contributed by atoms with Gasteiger partial charge in [0.1, 0.15) is 24.0 Å². The Balaban J connectivity index is 1.84. The van der Waals surface area contributed by atoms with Crippen molar-refractivity contribution in [2.24, 2.45) is 5.73 Å². The molecule has 1 aromatic rings. The summed E-state index contributed by atoms with van der Waals surface area (Å²) >= 11 is 0. The number of carbonyl (C=O) groups is 3. The fraction of sp³-hybridized carbons (Fsp3) is 0.409. The zero-order valence-electron chi connectivity index (χ0n) is 20.2. The van der Waals surface area contributed by atoms with Gasteiger partial charge in [-0.05, 0) is 19.1 Å². The number of esters is 1. The van der Waals surface area contributed by atoms with Gasteiger partial charge in [0.15, 0.2) is 12.3 Å². The molecule has 1 aromatic carbocycles. The highest BCUT2D eigenvalue weighted by atomic mass is 31.2. The van der Waals surface area contributed by atoms with Gasteiger partial charge in [0, 0.05) is 12.7 Å². The number of ether oxygens (including phenoxy) is 2. The van der Waals surface area contributed by atoms with E-state index in [-0.39, 0.29) is 17.9 Å². The van der Waals surface area contributed by atoms with Crippen molar-refractivity contribution in [3.63, 3.8) is 0 Å². The highest BCUT2D eigenvalue weighted by Gasteiger charge is 2.53. The molecule has 0 bridgehead atoms. The van der Waals surface area contributed by atoms with Gasteiger partial charge in [-0.1, -0.05) is 30.4 Å². The average molecular weight is 579 g/mol. The van der Waals surface area contributed by atoms with Gasteiger partial charge in [-0.2, -0.15) is 18.3 Å². The summed E-state index contributed by atoms with van der Waals surface area (Å²) in [5.41, 5.74) is 5.20. The van der Waals surface area contributed by atoms with Crippen LogP contribution in [0, 0.1) is 0 Å². The van der Waals surface area contributed by atoms with E-state index in [1.54, 1.807) is 6.07 Å². The minimum atomic E-state index is -5.40. The topological polar surface area (TPSA) is 187 Å². The second kappa shape index (κ2) is 12.2. The fourth-order valence-corrected chi connectivity index (χ4v) is 5.02. The molecule has 0 radical (unpaired) electrons. The number of aliphatic hydroxyl groups is 1. The van der Waals surface area contributed by atoms with E-state index in [9.17, 15) is 42.3 Å². The Morgan fingerprint density at radius 2 is 1.95 bits per heavy atom. The molecular formula is C22H25F3N3O10P. The number of carboxylic acid groups (broad SMARTS) is 1. The largest absolute Gasteiger partial charge is 0.490 e. The number of nitrogens with two attached hydrogens (primary N) is 1. The minimum Gasteiger partial charge on any atom is -0.480 e. The molecule has 0 saturated carbocycles. The van der Waals surface area contributed by atoms with Crippen LogP contribution >= 0.6 is 7.75 Å². The number of nitrogens with one attached hydrogen (secondary N) is 1. The van der Waals surface area contributed by atoms with Crippen LogP contribution in [0.1, 0.15) is 6.92 Å². The monoisotopic (exact) mass is 579 g/mol. The van der Waals surface area contributed by atoms with Gasteiger partial charge in [-0.25, -0.2) is 9.36 Å². The molecule has 39 heavy (non-hydrogen) atoms. The van der Waals surface area contributed by atoms with E-state index in [4.69, 9.17) is 19.5 Å². The molecule has 2 aliphatic heterocycles. The number of alkyl halides is 3. The van der Waals surface area contributed by atoms with Crippen LogP contribution < -0.4 is 15.3 Å². The van der Waals surface area contributed by atoms with E-state index >= 15 is 0 Å². The highest BCUT2D eigenvalue weighted by Crippen LogP contribution is 2.45. The Kier molecular flexibility index (Phi) is 9.40. The number of aliphatic hydroxyl groups excluding tert-OH is 1. The van der Waals surface area contributed by atoms with E-state index < -0.39 is 69.0 Å². The summed E-state index contributed by atoms with van der Waals surface area (Å²) < 4.78 is 73.0. The molecule has 1 fully saturated rings. The van der Waals surface area contributed by atoms with Gasteiger partial charge in [0.25, 0.3) is 0 Å². The van der Waals surface area contributed by atoms with E-state index in [0.717, 1.165) is 13.1 Å². The number of nitrogens with zero attached hydrogens (tertiary/aromatic N) is 1. The first kappa shape index (κ1) is 30.1. The summed E-state index contributed by atoms with van der Waals surface area (Å²) in [6, 6.07) is 6.08. The van der Waals surface area contributed by atoms with Crippen LogP contribution in [0.5, 0.6) is 5.75 Å². The normalized spacial score (nSPS) is 25.4. The third-order valence-corrected chi connectivity index (χ3v) is 7.06. The van der Waals surface area contributed by atoms with Crippen molar-refractivity contribution in [3.8, 4) is 5.75 Å². The predicted octanol–water partition coefficient (Wildman–Crippen LogP) is 1.05. The van der Waals surface area contributed by atoms with E-state index in [1.807, 2.05) is 0 Å². The molecule has 0 spiro atoms. The molecule has 17 heteroatoms. The van der Waals surface area contributed by atoms with Gasteiger partial charge < -0.3 is 34.8 Å². The number of amides is 1. The summed E-state index contributed by atoms with van der Waals surface area (Å²) in [7, 11) is -4.49. The SMILES string of the molecule is C[C@H](NP(=O)(OCC1O[C@@H](N2C=C(C(N)=O)C=CC2)[C@H](OC(=O)C(F)(F)F)[C@H]1O)Oc1ccccc1)C(=O)O. The van der Waals surface area contributed by atoms with Crippen LogP contribution in [0.4, 0.5) is 13.2 Å². The van der Waals surface area contributed by atoms with Crippen molar-refractivity contribution in [3.05, 3.63) is 54.3 Å². The van der Waals surface area contributed by atoms with Crippen molar-refractivity contribution in [2.75, 3.05) is 13.2 Å². The minimum absolute atomic E-state index is 0.0258. The molecule has 2 heterocycles. The first-order valence-electron chi connectivity index (χ1n) is 11.3. The molecule has 6 atom stereocenters. The number of hydrogen-bond donors (Lipinski definition) is 4. The lowest BCUT2D eigenvalue weighted by atomic mass is 10.1. The zero-order valence-corrected chi connectivity index (χ0v) is 21.1. The highest BCUT2D eigenvalue weighted by molar-refractivity contribution is 7.52. The smallest absolute Gasteiger partial charge is 0.480 e. The maximum Gasteiger partial charge on any atom is 0.490 e. The molecule has 1 amide bonds. The van der Waals surface area contributed by atoms with Crippen LogP contribution in [0.25, 0.3) is 0 Å². The number of primary amides is 1. The second-order valence-electron chi connectivity index (χ2n) is 8.36. The first-order chi connectivity index (χ1) is 18.2. The Morgan fingerprint density at radius 1 is 1.28 bits per heavy atom. The Bertz CT molecular complexity index is 1180. The van der Waals surface area contributed by atoms with E-state index in [1.165, 1.54) is 41.3 Å². The number of benzene rings is 1. The van der Waals surface area contributed by atoms with Gasteiger partial charge in [0.05, 0.1) is 12.2 Å². The van der Waals surface area contributed by atoms with Crippen molar-refractivity contribution < 1.29 is 60.9 Å². The van der Waals surface area contributed by atoms with E-state index in [2.05, 4.69) is 9.82 Å². The fourth-order valence-electron chi connectivity index (χ4n) is 3.51. The maximum atomic E-state index is 13.4. The third kappa shape index (κ3) is 7.80. The quantitative estimate of drug-likeness (QED) is 0.216. The molecular weight excluding hydrogens is 554 g/mol. The van der Waals surface area contributed by atoms with Crippen LogP contribution in [0.2, 0.25) is 0 Å². The number of rotatable bonds is 11. The first-order valence-corrected chi connectivity index (χ1v) is 12.8. The Hall–Kier alpha value is -3.43. The summed E-state index contributed by atoms with van der Waals surface area (Å²) in [6.45, 7) is 0.315. The van der Waals surface area contributed by atoms with Gasteiger partial charge in [-0.3, -0.25) is 14.1 Å². The lowest BCUT2D eigenvalue weighted by Crippen LogP contribution is -2.47. The average Bonchev–Trinajstić information content (AvgIpc) is 3.17. The lowest BCUT2D eigenvalue weighted by Gasteiger charge is -2.32. The number of hydrogen-bond acceptors (Lipinski definition) is 10. The van der Waals surface area contributed by atoms with Crippen molar-refractivity contribution >= 4 is 25.6 Å². The standard InChI is InChI=1S/C22H25F3N3O10P/c1-12(20(31)32)27-39(34,38-14-7-3-2-4-8-14)35-11-15-16(29)17(37-21(33)22(23,24)25)19(36-15)28-9-5-6-13(10-28)18(26)30/h2-8,10,12,15-17,19,29H,9,11H2,1H3,(H2,26,30)(H,27,34)(H,31,32)/t12-,15?,16-,17+,19+,39?/m0/s1. The van der Waals surface area contributed by atoms with Crippen LogP contribution in [0.3, 0.4) is 0 Å². The molecule has 0 aromatic heterocycles. The molecule has 1 saturated heterocycles. The Morgan fingerprint density at radius 3 is 2.54 bits per heavy atom. The van der Waals surface area contributed by atoms with E-state index in [0.29, 0.717) is 0 Å². The third-order valence-electron chi connectivity index (χ3n) is 5.42. The summed E-state index contributed by atoms with van der Waals surface area (Å²) in [4.78, 5) is 35.6. The molecule has 2 aliphatic rings. The molecule has 214 valence electrons. The van der Waals surface area contributed by atoms with Crippen LogP contribution in [-0.2, 0) is 32.9 Å². The Labute approximate surface area is 219 Å². The van der Waals surface area contributed by atoms with Crippen molar-refractivity contribution in [2.45, 2.75) is 43.7 Å². The van der Waals surface area contributed by atoms with Crippen molar-refractivity contribution in [1.29, 1.82) is 0 Å². The number of para-hydroxylation sites is 1. The van der Waals surface area contributed by atoms with Crippen LogP contribution in [-0.4, -0.2) is 82.9 Å². The number of carbonyl (C=O) groups excluding carboxylic acids is 2. The molecule has 2 unspecified atom stereocenters. The number of halogens is 3. The molecule has 5 N–H and O–H groups in total. The molecule has 3 rings (SSSR count). The second-order valence-corrected chi connectivity index (χ2v) is 10.1. The van der Waals surface area contributed by atoms with Gasteiger partial charge in [0.2, 0.25) is 5.91 Å². The van der Waals surface area contributed by atoms with Crippen LogP contribution in [0.15, 0.2) is 54.3 Å². The summed E-state index contributed by atoms with van der Waals surface area (Å²) in [5.74, 6) is -4.85.